The van der Waals surface area contributed by atoms with E-state index in [1.807, 2.05) is 60.7 Å². The zero-order valence-corrected chi connectivity index (χ0v) is 18.9. The molecule has 1 saturated carbocycles. The summed E-state index contributed by atoms with van der Waals surface area (Å²) in [6, 6.07) is 25.2. The van der Waals surface area contributed by atoms with Gasteiger partial charge in [0.2, 0.25) is 11.8 Å². The third kappa shape index (κ3) is 4.39. The molecule has 5 rings (SSSR count). The molecule has 1 fully saturated rings. The van der Waals surface area contributed by atoms with E-state index >= 15 is 0 Å². The molecule has 6 heteroatoms. The van der Waals surface area contributed by atoms with Gasteiger partial charge in [0.25, 0.3) is 0 Å². The lowest BCUT2D eigenvalue weighted by atomic mass is 9.92. The lowest BCUT2D eigenvalue weighted by Gasteiger charge is -2.33. The number of hydrogen-bond acceptors (Lipinski definition) is 3. The molecular weight excluding hydrogens is 436 g/mol. The molecular formula is C27H25ClN2O3. The second-order valence-corrected chi connectivity index (χ2v) is 9.18. The zero-order chi connectivity index (χ0) is 22.8. The summed E-state index contributed by atoms with van der Waals surface area (Å²) < 4.78 is 6.00. The van der Waals surface area contributed by atoms with Gasteiger partial charge in [-0.15, -0.1) is 0 Å². The normalized spacial score (nSPS) is 20.7. The standard InChI is InChI=1S/C27H25ClN2O3/c28-21-12-10-19(11-13-21)15-29-25(31)16-30-24-9-5-4-8-22(24)23-14-27(23,26(30)32)18-33-17-20-6-2-1-3-7-20/h1-13,23H,14-18H2,(H,29,31)/t23-,27+/m0/s1. The van der Waals surface area contributed by atoms with Crippen LogP contribution >= 0.6 is 11.6 Å². The highest BCUT2D eigenvalue weighted by Gasteiger charge is 2.65. The summed E-state index contributed by atoms with van der Waals surface area (Å²) in [6.45, 7) is 1.18. The zero-order valence-electron chi connectivity index (χ0n) is 18.2. The molecule has 33 heavy (non-hydrogen) atoms. The molecule has 2 aliphatic rings. The van der Waals surface area contributed by atoms with Gasteiger partial charge in [-0.2, -0.15) is 0 Å². The Morgan fingerprint density at radius 2 is 1.73 bits per heavy atom. The summed E-state index contributed by atoms with van der Waals surface area (Å²) in [5.74, 6) is -0.0844. The molecule has 1 heterocycles. The van der Waals surface area contributed by atoms with Gasteiger partial charge in [0.05, 0.1) is 18.6 Å². The van der Waals surface area contributed by atoms with E-state index in [0.29, 0.717) is 24.8 Å². The molecule has 0 saturated heterocycles. The van der Waals surface area contributed by atoms with Crippen LogP contribution in [0.2, 0.25) is 5.02 Å². The number of nitrogens with one attached hydrogen (secondary N) is 1. The number of nitrogens with zero attached hydrogens (tertiary/aromatic N) is 1. The molecule has 1 aliphatic carbocycles. The van der Waals surface area contributed by atoms with Crippen LogP contribution in [-0.4, -0.2) is 25.0 Å². The topological polar surface area (TPSA) is 58.6 Å². The molecule has 0 unspecified atom stereocenters. The maximum Gasteiger partial charge on any atom is 0.240 e. The Morgan fingerprint density at radius 1 is 1.00 bits per heavy atom. The van der Waals surface area contributed by atoms with Crippen LogP contribution in [0.3, 0.4) is 0 Å². The number of hydrogen-bond donors (Lipinski definition) is 1. The maximum atomic E-state index is 13.6. The molecule has 0 spiro atoms. The van der Waals surface area contributed by atoms with E-state index in [1.54, 1.807) is 17.0 Å². The van der Waals surface area contributed by atoms with E-state index in [-0.39, 0.29) is 24.3 Å². The molecule has 2 amide bonds. The van der Waals surface area contributed by atoms with Crippen molar-refractivity contribution in [2.45, 2.75) is 25.5 Å². The number of halogens is 1. The molecule has 3 aromatic rings. The Labute approximate surface area is 198 Å². The maximum absolute atomic E-state index is 13.6. The third-order valence-electron chi connectivity index (χ3n) is 6.53. The molecule has 168 valence electrons. The van der Waals surface area contributed by atoms with Crippen molar-refractivity contribution >= 4 is 29.1 Å². The largest absolute Gasteiger partial charge is 0.376 e. The highest BCUT2D eigenvalue weighted by Crippen LogP contribution is 2.65. The Kier molecular flexibility index (Phi) is 5.92. The molecule has 0 radical (unpaired) electrons. The first-order valence-electron chi connectivity index (χ1n) is 11.1. The van der Waals surface area contributed by atoms with Crippen LogP contribution in [0.15, 0.2) is 78.9 Å². The van der Waals surface area contributed by atoms with Gasteiger partial charge in [-0.1, -0.05) is 72.3 Å². The Balaban J connectivity index is 1.28. The molecule has 2 atom stereocenters. The smallest absolute Gasteiger partial charge is 0.240 e. The predicted octanol–water partition coefficient (Wildman–Crippen LogP) is 4.69. The van der Waals surface area contributed by atoms with Crippen molar-refractivity contribution < 1.29 is 14.3 Å². The third-order valence-corrected chi connectivity index (χ3v) is 6.78. The van der Waals surface area contributed by atoms with Gasteiger partial charge >= 0.3 is 0 Å². The summed E-state index contributed by atoms with van der Waals surface area (Å²) in [5.41, 5.74) is 3.38. The molecule has 1 aliphatic heterocycles. The van der Waals surface area contributed by atoms with Gasteiger partial charge in [0.1, 0.15) is 6.54 Å². The van der Waals surface area contributed by atoms with Crippen molar-refractivity contribution in [3.8, 4) is 0 Å². The van der Waals surface area contributed by atoms with E-state index in [0.717, 1.165) is 28.8 Å². The number of amides is 2. The second kappa shape index (κ2) is 9.00. The Morgan fingerprint density at radius 3 is 2.52 bits per heavy atom. The molecule has 1 N–H and O–H groups in total. The molecule has 5 nitrogen and oxygen atoms in total. The number of para-hydroxylation sites is 1. The number of benzene rings is 3. The van der Waals surface area contributed by atoms with E-state index < -0.39 is 5.41 Å². The van der Waals surface area contributed by atoms with E-state index in [1.165, 1.54) is 0 Å². The monoisotopic (exact) mass is 460 g/mol. The number of fused-ring (bicyclic) bond motifs is 3. The van der Waals surface area contributed by atoms with Crippen molar-refractivity contribution in [3.63, 3.8) is 0 Å². The minimum atomic E-state index is -0.584. The second-order valence-electron chi connectivity index (χ2n) is 8.74. The van der Waals surface area contributed by atoms with Crippen molar-refractivity contribution in [2.24, 2.45) is 5.41 Å². The number of anilines is 1. The summed E-state index contributed by atoms with van der Waals surface area (Å²) in [4.78, 5) is 28.0. The summed E-state index contributed by atoms with van der Waals surface area (Å²) in [7, 11) is 0. The van der Waals surface area contributed by atoms with Gasteiger partial charge in [0.15, 0.2) is 0 Å². The Hall–Kier alpha value is -3.15. The summed E-state index contributed by atoms with van der Waals surface area (Å²) >= 11 is 5.93. The summed E-state index contributed by atoms with van der Waals surface area (Å²) in [5, 5.41) is 3.57. The minimum absolute atomic E-state index is 0.0173. The van der Waals surface area contributed by atoms with Gasteiger partial charge in [-0.25, -0.2) is 0 Å². The molecule has 0 bridgehead atoms. The average molecular weight is 461 g/mol. The van der Waals surface area contributed by atoms with Crippen LogP contribution in [-0.2, 0) is 27.5 Å². The van der Waals surface area contributed by atoms with Gasteiger partial charge < -0.3 is 15.0 Å². The Bertz CT molecular complexity index is 1170. The molecule has 0 aromatic heterocycles. The van der Waals surface area contributed by atoms with Crippen LogP contribution in [0.5, 0.6) is 0 Å². The highest BCUT2D eigenvalue weighted by molar-refractivity contribution is 6.30. The van der Waals surface area contributed by atoms with Crippen molar-refractivity contribution in [1.29, 1.82) is 0 Å². The highest BCUT2D eigenvalue weighted by atomic mass is 35.5. The number of carbonyl (C=O) groups is 2. The first kappa shape index (κ1) is 21.7. The van der Waals surface area contributed by atoms with Crippen LogP contribution in [0.1, 0.15) is 29.0 Å². The number of carbonyl (C=O) groups excluding carboxylic acids is 2. The van der Waals surface area contributed by atoms with Crippen LogP contribution in [0, 0.1) is 5.41 Å². The number of rotatable bonds is 8. The minimum Gasteiger partial charge on any atom is -0.376 e. The van der Waals surface area contributed by atoms with E-state index in [9.17, 15) is 9.59 Å². The van der Waals surface area contributed by atoms with Crippen LogP contribution < -0.4 is 10.2 Å². The van der Waals surface area contributed by atoms with Crippen LogP contribution in [0.25, 0.3) is 0 Å². The summed E-state index contributed by atoms with van der Waals surface area (Å²) in [6.07, 6.45) is 0.751. The molecule has 3 aromatic carbocycles. The first-order valence-corrected chi connectivity index (χ1v) is 11.5. The van der Waals surface area contributed by atoms with Crippen molar-refractivity contribution in [2.75, 3.05) is 18.1 Å². The predicted molar refractivity (Wildman–Crippen MR) is 128 cm³/mol. The SMILES string of the molecule is O=C(CN1C(=O)[C@@]2(COCc3ccccc3)C[C@H]2c2ccccc21)NCc1ccc(Cl)cc1. The lowest BCUT2D eigenvalue weighted by molar-refractivity contribution is -0.129. The first-order chi connectivity index (χ1) is 16.1. The fourth-order valence-electron chi connectivity index (χ4n) is 4.66. The lowest BCUT2D eigenvalue weighted by Crippen LogP contribution is -2.48. The van der Waals surface area contributed by atoms with Gasteiger partial charge in [-0.05, 0) is 41.3 Å². The fourth-order valence-corrected chi connectivity index (χ4v) is 4.79. The van der Waals surface area contributed by atoms with Gasteiger partial charge in [0, 0.05) is 23.2 Å². The van der Waals surface area contributed by atoms with Crippen molar-refractivity contribution in [3.05, 3.63) is 101 Å². The average Bonchev–Trinajstić information content (AvgIpc) is 3.58. The van der Waals surface area contributed by atoms with Crippen LogP contribution in [0.4, 0.5) is 5.69 Å². The van der Waals surface area contributed by atoms with Gasteiger partial charge in [-0.3, -0.25) is 9.59 Å². The fraction of sp³-hybridized carbons (Fsp3) is 0.259. The van der Waals surface area contributed by atoms with Crippen molar-refractivity contribution in [1.82, 2.24) is 5.32 Å². The van der Waals surface area contributed by atoms with E-state index in [4.69, 9.17) is 16.3 Å². The number of ether oxygens (including phenoxy) is 1. The quantitative estimate of drug-likeness (QED) is 0.530. The van der Waals surface area contributed by atoms with E-state index in [2.05, 4.69) is 11.4 Å².